The van der Waals surface area contributed by atoms with E-state index in [2.05, 4.69) is 0 Å². The maximum Gasteiger partial charge on any atom is 2.00 e. The summed E-state index contributed by atoms with van der Waals surface area (Å²) in [5.41, 5.74) is 0. The average Bonchev–Trinajstić information content (AvgIpc) is 0. The first-order chi connectivity index (χ1) is 0. The van der Waals surface area contributed by atoms with Gasteiger partial charge in [-0.3, -0.25) is 0 Å². The van der Waals surface area contributed by atoms with Crippen molar-refractivity contribution in [2.24, 2.45) is 0 Å². The molecular weight excluding hydrogens is 231 g/mol. The molecule has 4 heteroatoms. The van der Waals surface area contributed by atoms with Crippen molar-refractivity contribution in [3.05, 3.63) is 0 Å². The Hall–Kier alpha value is 3.15. The second-order valence-corrected chi connectivity index (χ2v) is 0. The summed E-state index contributed by atoms with van der Waals surface area (Å²) in [6.45, 7) is 0. The molecule has 0 saturated carbocycles. The molecule has 0 aliphatic heterocycles. The van der Waals surface area contributed by atoms with Crippen molar-refractivity contribution in [3.8, 4) is 0 Å². The van der Waals surface area contributed by atoms with Crippen molar-refractivity contribution in [1.82, 2.24) is 0 Å². The van der Waals surface area contributed by atoms with Gasteiger partial charge in [-0.15, -0.1) is 0 Å². The Bertz CT molecular complexity index is 6.00. The maximum atomic E-state index is 0. The van der Waals surface area contributed by atoms with E-state index in [0.717, 1.165) is 0 Å². The van der Waals surface area contributed by atoms with Gasteiger partial charge >= 0.3 is 78.4 Å². The summed E-state index contributed by atoms with van der Waals surface area (Å²) in [6.07, 6.45) is 0. The molecule has 0 atom stereocenters. The van der Waals surface area contributed by atoms with Gasteiger partial charge in [-0.05, 0) is 0 Å². The fourth-order valence-electron chi connectivity index (χ4n) is 0. The van der Waals surface area contributed by atoms with E-state index in [1.807, 2.05) is 0 Å². The van der Waals surface area contributed by atoms with Crippen molar-refractivity contribution in [2.75, 3.05) is 0 Å². The predicted molar refractivity (Wildman–Crippen MR) is 5.75 cm³/mol. The Morgan fingerprint density at radius 1 is 0.750 bits per heavy atom. The van der Waals surface area contributed by atoms with Crippen molar-refractivity contribution in [3.63, 3.8) is 0 Å². The van der Waals surface area contributed by atoms with Crippen molar-refractivity contribution >= 4 is 48.9 Å². The molecule has 0 aromatic carbocycles. The minimum absolute atomic E-state index is 0. The zero-order chi connectivity index (χ0) is 0. The molecule has 0 bridgehead atoms. The smallest absolute Gasteiger partial charge is 1.00 e. The summed E-state index contributed by atoms with van der Waals surface area (Å²) in [7, 11) is 0. The molecule has 0 aliphatic rings. The summed E-state index contributed by atoms with van der Waals surface area (Å²) in [4.78, 5) is 0. The third-order valence-corrected chi connectivity index (χ3v) is 0. The van der Waals surface area contributed by atoms with Crippen LogP contribution in [-0.2, 0) is 0 Å². The molecule has 16 valence electrons. The molecule has 0 unspecified atom stereocenters. The van der Waals surface area contributed by atoms with Gasteiger partial charge in [0.15, 0.2) is 0 Å². The fourth-order valence-corrected chi connectivity index (χ4v) is 0. The van der Waals surface area contributed by atoms with Crippen molar-refractivity contribution in [2.45, 2.75) is 0 Å². The van der Waals surface area contributed by atoms with E-state index < -0.39 is 0 Å². The van der Waals surface area contributed by atoms with Gasteiger partial charge in [0, 0.05) is 0 Å². The molecule has 0 nitrogen and oxygen atoms in total. The molecule has 0 saturated heterocycles. The fraction of sp³-hybridized carbons (Fsp3) is 0. The van der Waals surface area contributed by atoms with E-state index in [0.29, 0.717) is 0 Å². The van der Waals surface area contributed by atoms with Crippen LogP contribution in [-0.4, -0.2) is 48.9 Å². The minimum atomic E-state index is 0. The summed E-state index contributed by atoms with van der Waals surface area (Å²) < 4.78 is 0. The Kier molecular flexibility index (Phi) is 112. The first-order valence-corrected chi connectivity index (χ1v) is 0. The summed E-state index contributed by atoms with van der Waals surface area (Å²) in [6, 6.07) is 0. The van der Waals surface area contributed by atoms with Gasteiger partial charge in [0.25, 0.3) is 0 Å². The van der Waals surface area contributed by atoms with Crippen LogP contribution in [0.4, 0.5) is 0 Å². The van der Waals surface area contributed by atoms with Crippen LogP contribution in [0.15, 0.2) is 0 Å². The van der Waals surface area contributed by atoms with E-state index in [1.54, 1.807) is 0 Å². The molecule has 0 radical (unpaired) electrons. The quantitative estimate of drug-likeness (QED) is 0.363. The Morgan fingerprint density at radius 3 is 0.750 bits per heavy atom. The molecule has 0 N–H and O–H groups in total. The molecule has 0 fully saturated rings. The molecule has 4 heavy (non-hydrogen) atoms. The van der Waals surface area contributed by atoms with Crippen LogP contribution in [0, 0.1) is 0 Å². The van der Waals surface area contributed by atoms with E-state index in [9.17, 15) is 0 Å². The molecule has 0 aromatic heterocycles. The summed E-state index contributed by atoms with van der Waals surface area (Å²) >= 11 is 0. The van der Waals surface area contributed by atoms with E-state index in [1.165, 1.54) is 0 Å². The van der Waals surface area contributed by atoms with E-state index in [-0.39, 0.29) is 103 Å². The number of hydrogen-bond acceptors (Lipinski definition) is 0. The normalized spacial score (nSPS) is 0. The Morgan fingerprint density at radius 2 is 0.750 bits per heavy atom. The summed E-state index contributed by atoms with van der Waals surface area (Å²) in [5.74, 6) is 0. The van der Waals surface area contributed by atoms with E-state index >= 15 is 0 Å². The topological polar surface area (TPSA) is 0 Å². The van der Waals surface area contributed by atoms with Crippen molar-refractivity contribution < 1.29 is 54.4 Å². The van der Waals surface area contributed by atoms with Crippen LogP contribution in [0.1, 0.15) is 0 Å². The van der Waals surface area contributed by atoms with Crippen LogP contribution >= 0.6 is 0 Å². The van der Waals surface area contributed by atoms with Crippen LogP contribution in [0.5, 0.6) is 0 Å². The number of rotatable bonds is 0. The SMILES string of the molecule is [Ba+2].[Cl-].[Cl-].[Na+]. The second-order valence-electron chi connectivity index (χ2n) is 0. The molecule has 0 spiro atoms. The summed E-state index contributed by atoms with van der Waals surface area (Å²) in [5, 5.41) is 0. The molecule has 0 amide bonds. The van der Waals surface area contributed by atoms with Gasteiger partial charge in [0.05, 0.1) is 0 Å². The van der Waals surface area contributed by atoms with Crippen LogP contribution in [0.2, 0.25) is 0 Å². The van der Waals surface area contributed by atoms with Gasteiger partial charge in [0.2, 0.25) is 0 Å². The van der Waals surface area contributed by atoms with Gasteiger partial charge < -0.3 is 24.8 Å². The largest absolute Gasteiger partial charge is 2.00 e. The van der Waals surface area contributed by atoms with E-state index in [4.69, 9.17) is 0 Å². The van der Waals surface area contributed by atoms with Crippen LogP contribution in [0.3, 0.4) is 0 Å². The molecule has 0 aliphatic carbocycles. The Labute approximate surface area is 101 Å². The first-order valence-electron chi connectivity index (χ1n) is 0. The van der Waals surface area contributed by atoms with Crippen LogP contribution in [0.25, 0.3) is 0 Å². The average molecular weight is 231 g/mol. The van der Waals surface area contributed by atoms with Gasteiger partial charge in [-0.1, -0.05) is 0 Å². The Balaban J connectivity index is 0. The molecular formula is BaCl2Na+. The van der Waals surface area contributed by atoms with Gasteiger partial charge in [-0.25, -0.2) is 0 Å². The monoisotopic (exact) mass is 231 g/mol. The maximum absolute atomic E-state index is 0. The number of halogens is 2. The van der Waals surface area contributed by atoms with Gasteiger partial charge in [-0.2, -0.15) is 0 Å². The zero-order valence-electron chi connectivity index (χ0n) is 2.46. The van der Waals surface area contributed by atoms with Crippen molar-refractivity contribution in [1.29, 1.82) is 0 Å². The minimum Gasteiger partial charge on any atom is -1.00 e. The van der Waals surface area contributed by atoms with Gasteiger partial charge in [0.1, 0.15) is 0 Å². The molecule has 0 heterocycles. The second kappa shape index (κ2) is 16.4. The predicted octanol–water partition coefficient (Wildman–Crippen LogP) is -9.37. The first kappa shape index (κ1) is 27.2. The third kappa shape index (κ3) is 8.94. The molecule has 0 rings (SSSR count). The number of hydrogen-bond donors (Lipinski definition) is 0. The zero-order valence-corrected chi connectivity index (χ0v) is 10.4. The standard InChI is InChI=1S/Ba.2ClH.Na/h;2*1H;/q+2;;;+1/p-2. The molecule has 0 aromatic rings. The van der Waals surface area contributed by atoms with Crippen LogP contribution < -0.4 is 54.4 Å². The third-order valence-electron chi connectivity index (χ3n) is 0.